The number of thiophene rings is 1. The second-order valence-corrected chi connectivity index (χ2v) is 5.15. The molecule has 0 unspecified atom stereocenters. The Morgan fingerprint density at radius 1 is 1.10 bits per heavy atom. The Hall–Kier alpha value is -2.75. The molecule has 0 aromatic carbocycles. The van der Waals surface area contributed by atoms with Gasteiger partial charge in [0.1, 0.15) is 28.3 Å². The lowest BCUT2D eigenvalue weighted by molar-refractivity contribution is -0.121. The van der Waals surface area contributed by atoms with Crippen LogP contribution in [0.1, 0.15) is 9.67 Å². The quantitative estimate of drug-likeness (QED) is 0.621. The third kappa shape index (κ3) is 3.05. The van der Waals surface area contributed by atoms with Gasteiger partial charge in [-0.3, -0.25) is 14.4 Å². The smallest absolute Gasteiger partial charge is 0.267 e. The molecular weight excluding hydrogens is 296 g/mol. The first-order valence-corrected chi connectivity index (χ1v) is 6.56. The van der Waals surface area contributed by atoms with Crippen LogP contribution in [0.5, 0.6) is 0 Å². The fourth-order valence-corrected chi connectivity index (χ4v) is 2.71. The minimum Gasteiger partial charge on any atom is -0.396 e. The molecule has 0 aliphatic heterocycles. The van der Waals surface area contributed by atoms with Gasteiger partial charge in [0.25, 0.3) is 5.91 Å². The molecule has 6 N–H and O–H groups in total. The summed E-state index contributed by atoms with van der Waals surface area (Å²) in [4.78, 5) is 44.0. The van der Waals surface area contributed by atoms with E-state index in [-0.39, 0.29) is 10.6 Å². The molecule has 0 radical (unpaired) electrons. The van der Waals surface area contributed by atoms with Gasteiger partial charge in [0, 0.05) is 12.4 Å². The number of aromatic nitrogens is 2. The number of carbonyl (C=O) groups excluding carboxylic acids is 3. The van der Waals surface area contributed by atoms with Crippen LogP contribution in [0.3, 0.4) is 0 Å². The number of primary amides is 2. The molecule has 0 spiro atoms. The molecule has 0 saturated heterocycles. The molecule has 2 aromatic heterocycles. The monoisotopic (exact) mass is 308 g/mol. The molecule has 10 heteroatoms. The van der Waals surface area contributed by atoms with Crippen molar-refractivity contribution < 1.29 is 14.4 Å². The van der Waals surface area contributed by atoms with E-state index in [2.05, 4.69) is 9.97 Å². The van der Waals surface area contributed by atoms with Crippen LogP contribution in [0.25, 0.3) is 10.3 Å². The van der Waals surface area contributed by atoms with Crippen LogP contribution in [0.4, 0.5) is 5.69 Å². The van der Waals surface area contributed by atoms with Gasteiger partial charge < -0.3 is 22.1 Å². The molecule has 0 aliphatic carbocycles. The predicted molar refractivity (Wildman–Crippen MR) is 76.1 cm³/mol. The fourth-order valence-electron chi connectivity index (χ4n) is 1.72. The zero-order valence-corrected chi connectivity index (χ0v) is 11.6. The highest BCUT2D eigenvalue weighted by molar-refractivity contribution is 7.21. The number of amides is 3. The molecule has 2 rings (SSSR count). The predicted octanol–water partition coefficient (Wildman–Crippen LogP) is -1.31. The van der Waals surface area contributed by atoms with E-state index in [9.17, 15) is 14.4 Å². The second-order valence-electron chi connectivity index (χ2n) is 4.15. The van der Waals surface area contributed by atoms with Gasteiger partial charge in [0.05, 0.1) is 5.69 Å². The van der Waals surface area contributed by atoms with Crippen molar-refractivity contribution in [3.05, 3.63) is 17.3 Å². The van der Waals surface area contributed by atoms with E-state index in [0.717, 1.165) is 16.2 Å². The number of nitrogens with zero attached hydrogens (tertiary/aromatic N) is 3. The number of hydrogen-bond acceptors (Lipinski definition) is 7. The van der Waals surface area contributed by atoms with Crippen LogP contribution < -0.4 is 17.2 Å². The van der Waals surface area contributed by atoms with E-state index in [1.54, 1.807) is 0 Å². The minimum absolute atomic E-state index is 0.138. The minimum atomic E-state index is -0.763. The molecule has 2 heterocycles. The SMILES string of the molecule is NC(=O)CN(CC(N)=O)C(=O)c1sc2nccnc2c1N. The van der Waals surface area contributed by atoms with Crippen LogP contribution in [-0.2, 0) is 9.59 Å². The van der Waals surface area contributed by atoms with E-state index < -0.39 is 30.8 Å². The van der Waals surface area contributed by atoms with Crippen LogP contribution in [-0.4, -0.2) is 45.7 Å². The van der Waals surface area contributed by atoms with E-state index in [1.165, 1.54) is 12.4 Å². The van der Waals surface area contributed by atoms with Gasteiger partial charge in [-0.25, -0.2) is 9.97 Å². The van der Waals surface area contributed by atoms with Gasteiger partial charge in [0.15, 0.2) is 0 Å². The van der Waals surface area contributed by atoms with Crippen LogP contribution >= 0.6 is 11.3 Å². The fraction of sp³-hybridized carbons (Fsp3) is 0.182. The van der Waals surface area contributed by atoms with Gasteiger partial charge in [-0.15, -0.1) is 11.3 Å². The summed E-state index contributed by atoms with van der Waals surface area (Å²) in [5.41, 5.74) is 16.5. The highest BCUT2D eigenvalue weighted by Gasteiger charge is 2.25. The van der Waals surface area contributed by atoms with Crippen LogP contribution in [0.15, 0.2) is 12.4 Å². The molecule has 0 fully saturated rings. The zero-order valence-electron chi connectivity index (χ0n) is 10.8. The third-order valence-electron chi connectivity index (χ3n) is 2.54. The van der Waals surface area contributed by atoms with Crippen molar-refractivity contribution in [2.75, 3.05) is 18.8 Å². The molecule has 0 atom stereocenters. The van der Waals surface area contributed by atoms with E-state index in [1.807, 2.05) is 0 Å². The highest BCUT2D eigenvalue weighted by atomic mass is 32.1. The molecule has 21 heavy (non-hydrogen) atoms. The van der Waals surface area contributed by atoms with Crippen molar-refractivity contribution in [3.63, 3.8) is 0 Å². The standard InChI is InChI=1S/C11H12N6O3S/c12-5(18)3-17(4-6(13)19)11(20)9-7(14)8-10(21-9)16-2-1-15-8/h1-2H,3-4,14H2,(H2,12,18)(H2,13,19). The molecule has 0 aliphatic rings. The van der Waals surface area contributed by atoms with Crippen molar-refractivity contribution in [2.24, 2.45) is 11.5 Å². The summed E-state index contributed by atoms with van der Waals surface area (Å²) in [7, 11) is 0. The first kappa shape index (κ1) is 14.7. The van der Waals surface area contributed by atoms with Crippen molar-refractivity contribution in [1.29, 1.82) is 0 Å². The van der Waals surface area contributed by atoms with Crippen molar-refractivity contribution in [1.82, 2.24) is 14.9 Å². The number of rotatable bonds is 5. The van der Waals surface area contributed by atoms with Crippen molar-refractivity contribution >= 4 is 45.1 Å². The topological polar surface area (TPSA) is 158 Å². The van der Waals surface area contributed by atoms with E-state index >= 15 is 0 Å². The Morgan fingerprint density at radius 2 is 1.67 bits per heavy atom. The molecule has 0 saturated carbocycles. The maximum Gasteiger partial charge on any atom is 0.267 e. The molecule has 2 aromatic rings. The first-order valence-electron chi connectivity index (χ1n) is 5.75. The number of carbonyl (C=O) groups is 3. The summed E-state index contributed by atoms with van der Waals surface area (Å²) < 4.78 is 0. The number of nitrogens with two attached hydrogens (primary N) is 3. The third-order valence-corrected chi connectivity index (χ3v) is 3.63. The lowest BCUT2D eigenvalue weighted by Gasteiger charge is -2.18. The summed E-state index contributed by atoms with van der Waals surface area (Å²) in [6.45, 7) is -0.868. The summed E-state index contributed by atoms with van der Waals surface area (Å²) in [6, 6.07) is 0. The number of hydrogen-bond donors (Lipinski definition) is 3. The van der Waals surface area contributed by atoms with Gasteiger partial charge in [-0.1, -0.05) is 0 Å². The van der Waals surface area contributed by atoms with Gasteiger partial charge in [-0.2, -0.15) is 0 Å². The molecule has 0 bridgehead atoms. The molecule has 9 nitrogen and oxygen atoms in total. The summed E-state index contributed by atoms with van der Waals surface area (Å²) in [5.74, 6) is -2.14. The van der Waals surface area contributed by atoms with E-state index in [4.69, 9.17) is 17.2 Å². The largest absolute Gasteiger partial charge is 0.396 e. The second kappa shape index (κ2) is 5.71. The molecule has 110 valence electrons. The van der Waals surface area contributed by atoms with Gasteiger partial charge in [-0.05, 0) is 0 Å². The summed E-state index contributed by atoms with van der Waals surface area (Å²) in [6.07, 6.45) is 2.92. The van der Waals surface area contributed by atoms with Gasteiger partial charge >= 0.3 is 0 Å². The normalized spacial score (nSPS) is 10.5. The van der Waals surface area contributed by atoms with Gasteiger partial charge in [0.2, 0.25) is 11.8 Å². The maximum atomic E-state index is 12.4. The Morgan fingerprint density at radius 3 is 2.19 bits per heavy atom. The average molecular weight is 308 g/mol. The Balaban J connectivity index is 2.40. The lowest BCUT2D eigenvalue weighted by Crippen LogP contribution is -2.43. The Labute approximate surface area is 122 Å². The summed E-state index contributed by atoms with van der Waals surface area (Å²) >= 11 is 1.02. The molecule has 3 amide bonds. The average Bonchev–Trinajstić information content (AvgIpc) is 2.74. The Bertz CT molecular complexity index is 712. The number of anilines is 1. The zero-order chi connectivity index (χ0) is 15.6. The number of nitrogen functional groups attached to an aromatic ring is 1. The first-order chi connectivity index (χ1) is 9.90. The maximum absolute atomic E-state index is 12.4. The van der Waals surface area contributed by atoms with Crippen LogP contribution in [0, 0.1) is 0 Å². The van der Waals surface area contributed by atoms with Crippen LogP contribution in [0.2, 0.25) is 0 Å². The molecular formula is C11H12N6O3S. The van der Waals surface area contributed by atoms with Crippen molar-refractivity contribution in [2.45, 2.75) is 0 Å². The lowest BCUT2D eigenvalue weighted by atomic mass is 10.3. The van der Waals surface area contributed by atoms with Crippen molar-refractivity contribution in [3.8, 4) is 0 Å². The summed E-state index contributed by atoms with van der Waals surface area (Å²) in [5, 5.41) is 0. The van der Waals surface area contributed by atoms with E-state index in [0.29, 0.717) is 10.3 Å². The highest BCUT2D eigenvalue weighted by Crippen LogP contribution is 2.31. The Kier molecular flexibility index (Phi) is 3.98. The number of fused-ring (bicyclic) bond motifs is 1.